The summed E-state index contributed by atoms with van der Waals surface area (Å²) in [7, 11) is 0. The van der Waals surface area contributed by atoms with Gasteiger partial charge in [-0.3, -0.25) is 0 Å². The molecule has 1 aromatic rings. The fraction of sp³-hybridized carbons (Fsp3) is 0.667. The monoisotopic (exact) mass is 310 g/mol. The summed E-state index contributed by atoms with van der Waals surface area (Å²) in [6, 6.07) is 4.76. The summed E-state index contributed by atoms with van der Waals surface area (Å²) in [5.41, 5.74) is 2.27. The Hall–Kier alpha value is -0.570. The molecule has 0 bridgehead atoms. The molecule has 0 aliphatic heterocycles. The van der Waals surface area contributed by atoms with Gasteiger partial charge in [-0.05, 0) is 72.5 Å². The highest BCUT2D eigenvalue weighted by molar-refractivity contribution is 9.10. The number of halogens is 1. The van der Waals surface area contributed by atoms with E-state index in [-0.39, 0.29) is 0 Å². The topological polar surface area (TPSA) is 24.9 Å². The second-order valence-corrected chi connectivity index (χ2v) is 6.58. The van der Waals surface area contributed by atoms with Gasteiger partial charge < -0.3 is 5.32 Å². The smallest absolute Gasteiger partial charge is 0.106 e. The summed E-state index contributed by atoms with van der Waals surface area (Å²) in [6.07, 6.45) is 5.30. The van der Waals surface area contributed by atoms with Gasteiger partial charge in [-0.2, -0.15) is 0 Å². The van der Waals surface area contributed by atoms with E-state index in [0.717, 1.165) is 22.1 Å². The molecule has 0 aromatic carbocycles. The summed E-state index contributed by atoms with van der Waals surface area (Å²) in [4.78, 5) is 4.44. The molecule has 2 rings (SSSR count). The van der Waals surface area contributed by atoms with Gasteiger partial charge in [0.1, 0.15) is 4.60 Å². The lowest BCUT2D eigenvalue weighted by Gasteiger charge is -2.32. The molecule has 1 aromatic heterocycles. The summed E-state index contributed by atoms with van der Waals surface area (Å²) in [5, 5.41) is 3.65. The van der Waals surface area contributed by atoms with Crippen LogP contribution >= 0.6 is 15.9 Å². The van der Waals surface area contributed by atoms with Gasteiger partial charge in [-0.1, -0.05) is 13.8 Å². The highest BCUT2D eigenvalue weighted by Crippen LogP contribution is 2.31. The molecule has 1 saturated carbocycles. The number of aromatic nitrogens is 1. The van der Waals surface area contributed by atoms with Gasteiger partial charge in [0.15, 0.2) is 0 Å². The maximum absolute atomic E-state index is 4.44. The van der Waals surface area contributed by atoms with Crippen LogP contribution in [0.4, 0.5) is 5.69 Å². The molecule has 0 saturated heterocycles. The van der Waals surface area contributed by atoms with Crippen molar-refractivity contribution in [1.29, 1.82) is 0 Å². The fourth-order valence-corrected chi connectivity index (χ4v) is 3.23. The van der Waals surface area contributed by atoms with Crippen LogP contribution < -0.4 is 5.32 Å². The molecule has 18 heavy (non-hydrogen) atoms. The van der Waals surface area contributed by atoms with Crippen molar-refractivity contribution in [3.05, 3.63) is 22.4 Å². The van der Waals surface area contributed by atoms with E-state index >= 15 is 0 Å². The number of pyridine rings is 1. The van der Waals surface area contributed by atoms with Gasteiger partial charge >= 0.3 is 0 Å². The van der Waals surface area contributed by atoms with Crippen LogP contribution in [0.25, 0.3) is 0 Å². The molecule has 0 amide bonds. The third-order valence-electron chi connectivity index (χ3n) is 4.13. The highest BCUT2D eigenvalue weighted by atomic mass is 79.9. The van der Waals surface area contributed by atoms with E-state index in [0.29, 0.717) is 6.04 Å². The summed E-state index contributed by atoms with van der Waals surface area (Å²) >= 11 is 3.41. The van der Waals surface area contributed by atoms with E-state index in [2.05, 4.69) is 53.1 Å². The van der Waals surface area contributed by atoms with Gasteiger partial charge in [-0.15, -0.1) is 0 Å². The Kier molecular flexibility index (Phi) is 4.66. The molecule has 1 fully saturated rings. The molecule has 1 N–H and O–H groups in total. The average molecular weight is 311 g/mol. The van der Waals surface area contributed by atoms with Crippen molar-refractivity contribution in [3.63, 3.8) is 0 Å². The SMILES string of the molecule is Cc1nc(Br)ccc1NC1CCC(C(C)C)CC1. The van der Waals surface area contributed by atoms with Crippen LogP contribution in [-0.2, 0) is 0 Å². The van der Waals surface area contributed by atoms with Gasteiger partial charge in [0.2, 0.25) is 0 Å². The molecule has 1 heterocycles. The lowest BCUT2D eigenvalue weighted by atomic mass is 9.79. The van der Waals surface area contributed by atoms with Crippen molar-refractivity contribution in [2.24, 2.45) is 11.8 Å². The van der Waals surface area contributed by atoms with Crippen molar-refractivity contribution < 1.29 is 0 Å². The minimum Gasteiger partial charge on any atom is -0.381 e. The second-order valence-electron chi connectivity index (χ2n) is 5.77. The summed E-state index contributed by atoms with van der Waals surface area (Å²) < 4.78 is 0.911. The Labute approximate surface area is 119 Å². The summed E-state index contributed by atoms with van der Waals surface area (Å²) in [5.74, 6) is 1.76. The number of anilines is 1. The Morgan fingerprint density at radius 1 is 1.22 bits per heavy atom. The first-order valence-corrected chi connectivity index (χ1v) is 7.75. The van der Waals surface area contributed by atoms with E-state index in [4.69, 9.17) is 0 Å². The first-order chi connectivity index (χ1) is 8.56. The zero-order valence-electron chi connectivity index (χ0n) is 11.5. The molecule has 0 radical (unpaired) electrons. The quantitative estimate of drug-likeness (QED) is 0.813. The molecule has 0 spiro atoms. The zero-order valence-corrected chi connectivity index (χ0v) is 13.1. The average Bonchev–Trinajstić information content (AvgIpc) is 2.33. The van der Waals surface area contributed by atoms with E-state index in [1.807, 2.05) is 6.07 Å². The third kappa shape index (κ3) is 3.47. The predicted octanol–water partition coefficient (Wildman–Crippen LogP) is 4.78. The largest absolute Gasteiger partial charge is 0.381 e. The molecule has 1 aliphatic rings. The molecule has 2 nitrogen and oxygen atoms in total. The standard InChI is InChI=1S/C15H23BrN2/c1-10(2)12-4-6-13(7-5-12)18-14-8-9-15(16)17-11(14)3/h8-10,12-13,18H,4-7H2,1-3H3. The van der Waals surface area contributed by atoms with Crippen molar-refractivity contribution in [3.8, 4) is 0 Å². The lowest BCUT2D eigenvalue weighted by molar-refractivity contribution is 0.267. The van der Waals surface area contributed by atoms with Crippen LogP contribution in [-0.4, -0.2) is 11.0 Å². The van der Waals surface area contributed by atoms with Crippen molar-refractivity contribution in [1.82, 2.24) is 4.98 Å². The predicted molar refractivity (Wildman–Crippen MR) is 80.9 cm³/mol. The van der Waals surface area contributed by atoms with Gasteiger partial charge in [0.25, 0.3) is 0 Å². The molecular weight excluding hydrogens is 288 g/mol. The number of nitrogens with zero attached hydrogens (tertiary/aromatic N) is 1. The number of rotatable bonds is 3. The third-order valence-corrected chi connectivity index (χ3v) is 4.57. The molecule has 100 valence electrons. The molecule has 0 atom stereocenters. The number of hydrogen-bond acceptors (Lipinski definition) is 2. The number of nitrogens with one attached hydrogen (secondary N) is 1. The Morgan fingerprint density at radius 2 is 1.89 bits per heavy atom. The molecule has 3 heteroatoms. The maximum Gasteiger partial charge on any atom is 0.106 e. The van der Waals surface area contributed by atoms with Crippen LogP contribution in [0.5, 0.6) is 0 Å². The maximum atomic E-state index is 4.44. The minimum atomic E-state index is 0.627. The molecular formula is C15H23BrN2. The van der Waals surface area contributed by atoms with Crippen LogP contribution in [0.15, 0.2) is 16.7 Å². The minimum absolute atomic E-state index is 0.627. The fourth-order valence-electron chi connectivity index (χ4n) is 2.83. The van der Waals surface area contributed by atoms with Gasteiger partial charge in [0.05, 0.1) is 11.4 Å². The lowest BCUT2D eigenvalue weighted by Crippen LogP contribution is -2.28. The van der Waals surface area contributed by atoms with E-state index in [1.165, 1.54) is 31.4 Å². The van der Waals surface area contributed by atoms with Crippen LogP contribution in [0.2, 0.25) is 0 Å². The summed E-state index contributed by atoms with van der Waals surface area (Å²) in [6.45, 7) is 6.76. The number of hydrogen-bond donors (Lipinski definition) is 1. The van der Waals surface area contributed by atoms with E-state index in [1.54, 1.807) is 0 Å². The normalized spacial score (nSPS) is 24.3. The Morgan fingerprint density at radius 3 is 2.44 bits per heavy atom. The number of aryl methyl sites for hydroxylation is 1. The van der Waals surface area contributed by atoms with E-state index in [9.17, 15) is 0 Å². The highest BCUT2D eigenvalue weighted by Gasteiger charge is 2.23. The first-order valence-electron chi connectivity index (χ1n) is 6.96. The van der Waals surface area contributed by atoms with Gasteiger partial charge in [0, 0.05) is 6.04 Å². The molecule has 1 aliphatic carbocycles. The van der Waals surface area contributed by atoms with Crippen molar-refractivity contribution >= 4 is 21.6 Å². The van der Waals surface area contributed by atoms with Crippen LogP contribution in [0, 0.1) is 18.8 Å². The molecule has 0 unspecified atom stereocenters. The van der Waals surface area contributed by atoms with Crippen molar-refractivity contribution in [2.75, 3.05) is 5.32 Å². The van der Waals surface area contributed by atoms with Crippen LogP contribution in [0.3, 0.4) is 0 Å². The van der Waals surface area contributed by atoms with E-state index < -0.39 is 0 Å². The first kappa shape index (κ1) is 13.9. The Bertz CT molecular complexity index is 395. The van der Waals surface area contributed by atoms with Crippen molar-refractivity contribution in [2.45, 2.75) is 52.5 Å². The second kappa shape index (κ2) is 6.05. The van der Waals surface area contributed by atoms with Gasteiger partial charge in [-0.25, -0.2) is 4.98 Å². The Balaban J connectivity index is 1.91. The zero-order chi connectivity index (χ0) is 13.1. The van der Waals surface area contributed by atoms with Crippen LogP contribution in [0.1, 0.15) is 45.2 Å².